The number of esters is 1. The third-order valence-corrected chi connectivity index (χ3v) is 3.69. The summed E-state index contributed by atoms with van der Waals surface area (Å²) in [6.45, 7) is 1.66. The molecule has 0 fully saturated rings. The minimum atomic E-state index is -4.71. The number of alkyl halides is 3. The van der Waals surface area contributed by atoms with Gasteiger partial charge in [-0.3, -0.25) is 0 Å². The van der Waals surface area contributed by atoms with E-state index in [1.807, 2.05) is 0 Å². The highest BCUT2D eigenvalue weighted by Crippen LogP contribution is 2.34. The summed E-state index contributed by atoms with van der Waals surface area (Å²) in [5.74, 6) is -0.550. The number of nitrogens with one attached hydrogen (secondary N) is 1. The number of nitrogens with zero attached hydrogens (tertiary/aromatic N) is 3. The van der Waals surface area contributed by atoms with Gasteiger partial charge in [0.1, 0.15) is 5.75 Å². The molecule has 0 saturated heterocycles. The van der Waals surface area contributed by atoms with Crippen LogP contribution in [0.5, 0.6) is 5.75 Å². The van der Waals surface area contributed by atoms with E-state index < -0.39 is 17.8 Å². The predicted molar refractivity (Wildman–Crippen MR) is 88.7 cm³/mol. The van der Waals surface area contributed by atoms with Crippen LogP contribution in [0.15, 0.2) is 36.7 Å². The van der Waals surface area contributed by atoms with Gasteiger partial charge in [0.15, 0.2) is 17.2 Å². The van der Waals surface area contributed by atoms with Crippen LogP contribution in [0.3, 0.4) is 0 Å². The molecule has 0 amide bonds. The van der Waals surface area contributed by atoms with Gasteiger partial charge in [-0.15, -0.1) is 0 Å². The highest BCUT2D eigenvalue weighted by Gasteiger charge is 2.38. The third kappa shape index (κ3) is 3.64. The number of halogens is 3. The summed E-state index contributed by atoms with van der Waals surface area (Å²) in [6, 6.07) is 7.29. The SMILES string of the molecule is CCOC(=O)c1[nH]cnc1-n1nc(-c2ccc(OC)cc2)cc1C(F)(F)F. The molecule has 1 N–H and O–H groups in total. The number of H-pyrrole nitrogens is 1. The van der Waals surface area contributed by atoms with Gasteiger partial charge in [-0.05, 0) is 37.3 Å². The molecule has 3 rings (SSSR count). The van der Waals surface area contributed by atoms with Crippen LogP contribution in [-0.2, 0) is 10.9 Å². The van der Waals surface area contributed by atoms with E-state index in [9.17, 15) is 18.0 Å². The minimum absolute atomic E-state index is 0.0691. The topological polar surface area (TPSA) is 82.0 Å². The van der Waals surface area contributed by atoms with Crippen LogP contribution in [0.2, 0.25) is 0 Å². The minimum Gasteiger partial charge on any atom is -0.497 e. The zero-order valence-corrected chi connectivity index (χ0v) is 14.4. The maximum atomic E-state index is 13.5. The molecule has 0 unspecified atom stereocenters. The average Bonchev–Trinajstić information content (AvgIpc) is 3.28. The second kappa shape index (κ2) is 7.14. The summed E-state index contributed by atoms with van der Waals surface area (Å²) in [7, 11) is 1.49. The highest BCUT2D eigenvalue weighted by atomic mass is 19.4. The van der Waals surface area contributed by atoms with Crippen LogP contribution in [0.4, 0.5) is 13.2 Å². The van der Waals surface area contributed by atoms with Crippen molar-refractivity contribution < 1.29 is 27.4 Å². The van der Waals surface area contributed by atoms with Crippen LogP contribution in [0.1, 0.15) is 23.1 Å². The Morgan fingerprint density at radius 1 is 1.26 bits per heavy atom. The number of carbonyl (C=O) groups excluding carboxylic acids is 1. The molecule has 27 heavy (non-hydrogen) atoms. The van der Waals surface area contributed by atoms with Crippen molar-refractivity contribution in [3.8, 4) is 22.8 Å². The van der Waals surface area contributed by atoms with Gasteiger partial charge in [-0.2, -0.15) is 18.3 Å². The summed E-state index contributed by atoms with van der Waals surface area (Å²) in [4.78, 5) is 18.3. The number of hydrogen-bond donors (Lipinski definition) is 1. The lowest BCUT2D eigenvalue weighted by molar-refractivity contribution is -0.142. The van der Waals surface area contributed by atoms with Gasteiger partial charge in [0, 0.05) is 5.56 Å². The Morgan fingerprint density at radius 2 is 1.96 bits per heavy atom. The van der Waals surface area contributed by atoms with E-state index >= 15 is 0 Å². The van der Waals surface area contributed by atoms with E-state index in [-0.39, 0.29) is 23.8 Å². The van der Waals surface area contributed by atoms with Crippen LogP contribution in [0.25, 0.3) is 17.1 Å². The zero-order valence-electron chi connectivity index (χ0n) is 14.4. The quantitative estimate of drug-likeness (QED) is 0.686. The molecular formula is C17H15F3N4O3. The van der Waals surface area contributed by atoms with Gasteiger partial charge >= 0.3 is 12.1 Å². The second-order valence-electron chi connectivity index (χ2n) is 5.37. The van der Waals surface area contributed by atoms with Crippen LogP contribution >= 0.6 is 0 Å². The number of methoxy groups -OCH3 is 1. The van der Waals surface area contributed by atoms with Gasteiger partial charge in [-0.25, -0.2) is 14.5 Å². The number of aromatic nitrogens is 4. The van der Waals surface area contributed by atoms with Crippen molar-refractivity contribution >= 4 is 5.97 Å². The molecule has 7 nitrogen and oxygen atoms in total. The van der Waals surface area contributed by atoms with Gasteiger partial charge < -0.3 is 14.5 Å². The number of benzene rings is 1. The Bertz CT molecular complexity index is 945. The molecule has 0 aliphatic heterocycles. The lowest BCUT2D eigenvalue weighted by Gasteiger charge is -2.09. The number of hydrogen-bond acceptors (Lipinski definition) is 5. The molecule has 0 saturated carbocycles. The van der Waals surface area contributed by atoms with Gasteiger partial charge in [0.25, 0.3) is 0 Å². The van der Waals surface area contributed by atoms with E-state index in [0.717, 1.165) is 12.4 Å². The maximum Gasteiger partial charge on any atom is 0.433 e. The van der Waals surface area contributed by atoms with Gasteiger partial charge in [-0.1, -0.05) is 0 Å². The van der Waals surface area contributed by atoms with E-state index in [0.29, 0.717) is 16.0 Å². The Hall–Kier alpha value is -3.30. The fourth-order valence-corrected chi connectivity index (χ4v) is 2.45. The van der Waals surface area contributed by atoms with Crippen LogP contribution in [0, 0.1) is 0 Å². The molecule has 1 aromatic carbocycles. The number of aromatic amines is 1. The van der Waals surface area contributed by atoms with E-state index in [1.54, 1.807) is 31.2 Å². The van der Waals surface area contributed by atoms with Crippen LogP contribution < -0.4 is 4.74 Å². The number of carbonyl (C=O) groups is 1. The van der Waals surface area contributed by atoms with Gasteiger partial charge in [0.2, 0.25) is 0 Å². The summed E-state index contributed by atoms with van der Waals surface area (Å²) < 4.78 is 51.1. The predicted octanol–water partition coefficient (Wildman–Crippen LogP) is 3.47. The first-order valence-corrected chi connectivity index (χ1v) is 7.87. The average molecular weight is 380 g/mol. The smallest absolute Gasteiger partial charge is 0.433 e. The first-order valence-electron chi connectivity index (χ1n) is 7.87. The van der Waals surface area contributed by atoms with Crippen molar-refractivity contribution in [1.82, 2.24) is 19.7 Å². The largest absolute Gasteiger partial charge is 0.497 e. The molecular weight excluding hydrogens is 365 g/mol. The van der Waals surface area contributed by atoms with Crippen molar-refractivity contribution in [2.75, 3.05) is 13.7 Å². The molecule has 2 aromatic heterocycles. The fourth-order valence-electron chi connectivity index (χ4n) is 2.45. The first-order chi connectivity index (χ1) is 12.8. The first kappa shape index (κ1) is 18.5. The molecule has 0 radical (unpaired) electrons. The molecule has 10 heteroatoms. The fraction of sp³-hybridized carbons (Fsp3) is 0.235. The molecule has 0 bridgehead atoms. The number of imidazole rings is 1. The summed E-state index contributed by atoms with van der Waals surface area (Å²) in [5.41, 5.74) is -0.756. The van der Waals surface area contributed by atoms with E-state index in [4.69, 9.17) is 9.47 Å². The van der Waals surface area contributed by atoms with Crippen molar-refractivity contribution in [3.05, 3.63) is 48.0 Å². The number of rotatable bonds is 5. The van der Waals surface area contributed by atoms with E-state index in [1.165, 1.54) is 7.11 Å². The monoisotopic (exact) mass is 380 g/mol. The number of ether oxygens (including phenoxy) is 2. The Labute approximate surface area is 151 Å². The van der Waals surface area contributed by atoms with Crippen molar-refractivity contribution in [2.24, 2.45) is 0 Å². The van der Waals surface area contributed by atoms with Crippen molar-refractivity contribution in [1.29, 1.82) is 0 Å². The Balaban J connectivity index is 2.11. The second-order valence-corrected chi connectivity index (χ2v) is 5.37. The molecule has 3 aromatic rings. The molecule has 0 atom stereocenters. The molecule has 0 spiro atoms. The third-order valence-electron chi connectivity index (χ3n) is 3.69. The normalized spacial score (nSPS) is 11.4. The highest BCUT2D eigenvalue weighted by molar-refractivity contribution is 5.90. The van der Waals surface area contributed by atoms with Crippen molar-refractivity contribution in [3.63, 3.8) is 0 Å². The lowest BCUT2D eigenvalue weighted by Crippen LogP contribution is -2.16. The van der Waals surface area contributed by atoms with E-state index in [2.05, 4.69) is 15.1 Å². The Kier molecular flexibility index (Phi) is 4.89. The zero-order chi connectivity index (χ0) is 19.6. The molecule has 2 heterocycles. The van der Waals surface area contributed by atoms with Crippen LogP contribution in [-0.4, -0.2) is 39.4 Å². The standard InChI is InChI=1S/C17H15F3N4O3/c1-3-27-16(25)14-15(22-9-21-14)24-13(17(18,19)20)8-12(23-24)10-4-6-11(26-2)7-5-10/h4-9H,3H2,1-2H3,(H,21,22). The lowest BCUT2D eigenvalue weighted by atomic mass is 10.1. The summed E-state index contributed by atoms with van der Waals surface area (Å²) in [6.07, 6.45) is -3.60. The van der Waals surface area contributed by atoms with Gasteiger partial charge in [0.05, 0.1) is 25.7 Å². The molecule has 142 valence electrons. The van der Waals surface area contributed by atoms with Crippen molar-refractivity contribution in [2.45, 2.75) is 13.1 Å². The molecule has 0 aliphatic carbocycles. The Morgan fingerprint density at radius 3 is 2.56 bits per heavy atom. The maximum absolute atomic E-state index is 13.5. The summed E-state index contributed by atoms with van der Waals surface area (Å²) in [5, 5.41) is 4.01. The summed E-state index contributed by atoms with van der Waals surface area (Å²) >= 11 is 0. The molecule has 0 aliphatic rings.